The Labute approximate surface area is 41.7 Å². The molecule has 0 rings (SSSR count). The van der Waals surface area contributed by atoms with E-state index in [0.29, 0.717) is 8.27 Å². The Morgan fingerprint density at radius 1 is 2.20 bits per heavy atom. The quantitative estimate of drug-likeness (QED) is 0.481. The lowest BCUT2D eigenvalue weighted by atomic mass is 12.0. The molecule has 0 aliphatic carbocycles. The van der Waals surface area contributed by atoms with Gasteiger partial charge in [0.2, 0.25) is 0 Å². The normalized spacial score (nSPS) is 26.4. The van der Waals surface area contributed by atoms with Gasteiger partial charge >= 0.3 is 0 Å². The zero-order valence-corrected chi connectivity index (χ0v) is 6.07. The smallest absolute Gasteiger partial charge is 0.0733 e. The highest BCUT2D eigenvalue weighted by molar-refractivity contribution is 8.38. The molecular formula is C2H8P2S. The van der Waals surface area contributed by atoms with Crippen LogP contribution in [0.3, 0.4) is 0 Å². The Kier molecular flexibility index (Phi) is 2.78. The van der Waals surface area contributed by atoms with E-state index in [2.05, 4.69) is 0 Å². The minimum Gasteiger partial charge on any atom is -0.0967 e. The molecule has 5 heavy (non-hydrogen) atoms. The third-order valence-corrected chi connectivity index (χ3v) is 4.48. The Morgan fingerprint density at radius 3 is 2.40 bits per heavy atom. The van der Waals surface area contributed by atoms with Crippen LogP contribution >= 0.6 is 14.6 Å². The molecule has 0 bridgehead atoms. The van der Waals surface area contributed by atoms with Crippen molar-refractivity contribution < 1.29 is 0 Å². The zero-order chi connectivity index (χ0) is 5.21. The highest BCUT2D eigenvalue weighted by Crippen LogP contribution is 2.36. The molecule has 0 aromatic heterocycles. The zero-order valence-electron chi connectivity index (χ0n) is 4.36. The summed E-state index contributed by atoms with van der Waals surface area (Å²) < 4.78 is 7.12. The number of hydrogen-bond donors (Lipinski definition) is 0. The summed E-state index contributed by atoms with van der Waals surface area (Å²) in [5.74, 6) is 0. The maximum atomic E-state index is 7.12. The van der Waals surface area contributed by atoms with Gasteiger partial charge in [0.05, 0.1) is 1.28 Å². The molecule has 0 N–H and O–H groups in total. The van der Waals surface area contributed by atoms with E-state index < -0.39 is 6.33 Å². The van der Waals surface area contributed by atoms with Crippen molar-refractivity contribution in [2.75, 3.05) is 13.3 Å². The molecule has 0 heterocycles. The molecule has 0 aliphatic heterocycles. The van der Waals surface area contributed by atoms with Crippen LogP contribution in [0, 0.1) is 0 Å². The fourth-order valence-corrected chi connectivity index (χ4v) is 0. The summed E-state index contributed by atoms with van der Waals surface area (Å²) in [6, 6.07) is 0. The van der Waals surface area contributed by atoms with E-state index in [1.165, 1.54) is 0 Å². The average Bonchev–Trinajstić information content (AvgIpc) is 1.35. The van der Waals surface area contributed by atoms with Gasteiger partial charge in [0.25, 0.3) is 0 Å². The van der Waals surface area contributed by atoms with E-state index in [1.807, 2.05) is 13.3 Å². The second kappa shape index (κ2) is 3.28. The van der Waals surface area contributed by atoms with Crippen LogP contribution < -0.4 is 0 Å². The summed E-state index contributed by atoms with van der Waals surface area (Å²) in [5.41, 5.74) is 0. The first-order valence-electron chi connectivity index (χ1n) is 1.80. The second-order valence-electron chi connectivity index (χ2n) is 0.721. The van der Waals surface area contributed by atoms with Crippen molar-refractivity contribution in [2.24, 2.45) is 0 Å². The predicted octanol–water partition coefficient (Wildman–Crippen LogP) is 1.52. The molecule has 2 unspecified atom stereocenters. The molecule has 0 spiro atoms. The molecule has 0 aliphatic rings. The van der Waals surface area contributed by atoms with Gasteiger partial charge in [0, 0.05) is 0 Å². The predicted molar refractivity (Wildman–Crippen MR) is 35.8 cm³/mol. The van der Waals surface area contributed by atoms with Gasteiger partial charge in [-0.05, 0) is 19.7 Å². The van der Waals surface area contributed by atoms with E-state index in [0.717, 1.165) is 0 Å². The Morgan fingerprint density at radius 2 is 2.40 bits per heavy atom. The molecular weight excluding hydrogens is 118 g/mol. The third-order valence-electron chi connectivity index (χ3n) is 0.315. The van der Waals surface area contributed by atoms with Crippen molar-refractivity contribution >= 4 is 26.4 Å². The molecule has 0 amide bonds. The number of rotatable bonds is 1. The van der Waals surface area contributed by atoms with E-state index in [-0.39, 0.29) is 0 Å². The summed E-state index contributed by atoms with van der Waals surface area (Å²) >= 11 is 4.78. The van der Waals surface area contributed by atoms with Crippen molar-refractivity contribution in [3.63, 3.8) is 0 Å². The Hall–Kier alpha value is 1.08. The molecule has 2 atom stereocenters. The van der Waals surface area contributed by atoms with Crippen molar-refractivity contribution in [2.45, 2.75) is 0 Å². The molecule has 3 heteroatoms. The Balaban J connectivity index is 3.48. The summed E-state index contributed by atoms with van der Waals surface area (Å²) in [4.78, 5) is 0. The molecule has 0 saturated heterocycles. The van der Waals surface area contributed by atoms with Crippen LogP contribution in [0.1, 0.15) is 0 Å². The van der Waals surface area contributed by atoms with Crippen LogP contribution in [0.25, 0.3) is 0 Å². The van der Waals surface area contributed by atoms with Crippen molar-refractivity contribution in [3.8, 4) is 0 Å². The summed E-state index contributed by atoms with van der Waals surface area (Å²) in [5, 5.41) is 0. The Bertz CT molecular complexity index is 75.6. The van der Waals surface area contributed by atoms with Crippen molar-refractivity contribution in [3.05, 3.63) is 0 Å². The summed E-state index contributed by atoms with van der Waals surface area (Å²) in [6.45, 7) is 3.84. The summed E-state index contributed by atoms with van der Waals surface area (Å²) in [6.07, 6.45) is -1.54. The second-order valence-corrected chi connectivity index (χ2v) is 8.13. The van der Waals surface area contributed by atoms with E-state index in [9.17, 15) is 0 Å². The maximum absolute atomic E-state index is 7.12. The lowest BCUT2D eigenvalue weighted by Gasteiger charge is -1.79. The lowest BCUT2D eigenvalue weighted by molar-refractivity contribution is 2.46. The third kappa shape index (κ3) is 5.08. The first-order chi connectivity index (χ1) is 2.56. The topological polar surface area (TPSA) is 0 Å². The van der Waals surface area contributed by atoms with Crippen LogP contribution in [0.4, 0.5) is 0 Å². The molecule has 0 radical (unpaired) electrons. The van der Waals surface area contributed by atoms with Crippen molar-refractivity contribution in [1.82, 2.24) is 0 Å². The molecule has 0 aromatic rings. The van der Waals surface area contributed by atoms with Crippen molar-refractivity contribution in [1.29, 1.82) is 1.28 Å². The maximum Gasteiger partial charge on any atom is 0.0733 e. The molecule has 0 saturated carbocycles. The van der Waals surface area contributed by atoms with Gasteiger partial charge in [-0.2, -0.15) is 0 Å². The minimum atomic E-state index is -1.54. The number of hydrogen-bond acceptors (Lipinski definition) is 1. The van der Waals surface area contributed by atoms with Crippen LogP contribution in [0.15, 0.2) is 0 Å². The van der Waals surface area contributed by atoms with Gasteiger partial charge in [-0.1, -0.05) is 20.1 Å². The van der Waals surface area contributed by atoms with Gasteiger partial charge in [-0.15, -0.1) is 0 Å². The fourth-order valence-electron chi connectivity index (χ4n) is 0. The largest absolute Gasteiger partial charge is 0.0967 e. The first kappa shape index (κ1) is 4.24. The van der Waals surface area contributed by atoms with Gasteiger partial charge < -0.3 is 0 Å². The van der Waals surface area contributed by atoms with Crippen LogP contribution in [0.5, 0.6) is 0 Å². The monoisotopic (exact) mass is 127 g/mol. The molecule has 0 nitrogen and oxygen atoms in total. The van der Waals surface area contributed by atoms with Gasteiger partial charge in [0.1, 0.15) is 0 Å². The lowest BCUT2D eigenvalue weighted by Crippen LogP contribution is -1.28. The first-order valence-corrected chi connectivity index (χ1v) is 6.50. The molecule has 0 fully saturated rings. The van der Waals surface area contributed by atoms with Gasteiger partial charge in [0.15, 0.2) is 0 Å². The van der Waals surface area contributed by atoms with Gasteiger partial charge in [-0.25, -0.2) is 0 Å². The highest BCUT2D eigenvalue weighted by Gasteiger charge is 1.67. The summed E-state index contributed by atoms with van der Waals surface area (Å²) in [7, 11) is 0.660. The minimum absolute atomic E-state index is 0.660. The molecule has 0 aromatic carbocycles. The SMILES string of the molecule is [2H]P(C)(=S)PC. The highest BCUT2D eigenvalue weighted by atomic mass is 32.6. The van der Waals surface area contributed by atoms with Crippen LogP contribution in [-0.2, 0) is 11.8 Å². The van der Waals surface area contributed by atoms with E-state index >= 15 is 0 Å². The van der Waals surface area contributed by atoms with Crippen LogP contribution in [0.2, 0.25) is 0 Å². The standard InChI is InChI=1S/C2H8P2S/c1-3-4(2)5/h3-4H,1-2H3/i4D. The van der Waals surface area contributed by atoms with E-state index in [4.69, 9.17) is 13.1 Å². The van der Waals surface area contributed by atoms with E-state index in [1.54, 1.807) is 0 Å². The average molecular weight is 127 g/mol. The fraction of sp³-hybridized carbons (Fsp3) is 1.00. The van der Waals surface area contributed by atoms with Gasteiger partial charge in [-0.3, -0.25) is 0 Å². The van der Waals surface area contributed by atoms with Crippen LogP contribution in [-0.4, -0.2) is 14.6 Å². The molecule has 32 valence electrons.